The predicted molar refractivity (Wildman–Crippen MR) is 41.6 cm³/mol. The highest BCUT2D eigenvalue weighted by atomic mass is 15.1. The average molecular weight is 137 g/mol. The summed E-state index contributed by atoms with van der Waals surface area (Å²) in [7, 11) is 0. The van der Waals surface area contributed by atoms with Gasteiger partial charge in [0.25, 0.3) is 0 Å². The number of H-pyrrole nitrogens is 1. The zero-order chi connectivity index (χ0) is 7.40. The second-order valence-electron chi connectivity index (χ2n) is 2.46. The second-order valence-corrected chi connectivity index (χ2v) is 2.46. The lowest BCUT2D eigenvalue weighted by Crippen LogP contribution is -1.85. The summed E-state index contributed by atoms with van der Waals surface area (Å²) in [5, 5.41) is 6.51. The van der Waals surface area contributed by atoms with Crippen LogP contribution < -0.4 is 0 Å². The summed E-state index contributed by atoms with van der Waals surface area (Å²) in [6, 6.07) is 1.83. The van der Waals surface area contributed by atoms with Crippen LogP contribution in [-0.2, 0) is 0 Å². The Balaban J connectivity index is 2.55. The third kappa shape index (κ3) is 2.01. The van der Waals surface area contributed by atoms with E-state index in [0.717, 1.165) is 5.82 Å². The topological polar surface area (TPSA) is 41.0 Å². The van der Waals surface area contributed by atoms with Gasteiger partial charge in [0.2, 0.25) is 0 Å². The van der Waals surface area contributed by atoms with E-state index in [1.807, 2.05) is 12.3 Å². The number of hydrogen-bond acceptors (Lipinski definition) is 2. The molecule has 0 saturated carbocycles. The molecule has 0 fully saturated rings. The SMILES string of the molecule is CC(C)C=Nc1ccn[nH]1. The van der Waals surface area contributed by atoms with Gasteiger partial charge in [-0.15, -0.1) is 0 Å². The lowest BCUT2D eigenvalue weighted by Gasteiger charge is -1.89. The summed E-state index contributed by atoms with van der Waals surface area (Å²) in [4.78, 5) is 4.12. The lowest BCUT2D eigenvalue weighted by molar-refractivity contribution is 0.906. The minimum Gasteiger partial charge on any atom is -0.261 e. The van der Waals surface area contributed by atoms with E-state index in [1.54, 1.807) is 6.20 Å². The molecule has 0 aromatic carbocycles. The van der Waals surface area contributed by atoms with E-state index in [-0.39, 0.29) is 0 Å². The Morgan fingerprint density at radius 2 is 2.50 bits per heavy atom. The molecule has 1 aromatic rings. The van der Waals surface area contributed by atoms with E-state index in [9.17, 15) is 0 Å². The van der Waals surface area contributed by atoms with Crippen molar-refractivity contribution in [3.8, 4) is 0 Å². The van der Waals surface area contributed by atoms with Crippen LogP contribution in [0.25, 0.3) is 0 Å². The largest absolute Gasteiger partial charge is 0.261 e. The normalized spacial score (nSPS) is 11.5. The molecule has 1 rings (SSSR count). The summed E-state index contributed by atoms with van der Waals surface area (Å²) >= 11 is 0. The van der Waals surface area contributed by atoms with Crippen molar-refractivity contribution >= 4 is 12.0 Å². The molecule has 0 aliphatic heterocycles. The van der Waals surface area contributed by atoms with Gasteiger partial charge in [0.05, 0.1) is 6.20 Å². The minimum absolute atomic E-state index is 0.489. The van der Waals surface area contributed by atoms with Crippen LogP contribution in [-0.4, -0.2) is 16.4 Å². The third-order valence-electron chi connectivity index (χ3n) is 0.998. The van der Waals surface area contributed by atoms with Gasteiger partial charge < -0.3 is 0 Å². The molecule has 0 bridgehead atoms. The number of aromatic nitrogens is 2. The van der Waals surface area contributed by atoms with Crippen molar-refractivity contribution in [3.05, 3.63) is 12.3 Å². The van der Waals surface area contributed by atoms with E-state index >= 15 is 0 Å². The van der Waals surface area contributed by atoms with Crippen molar-refractivity contribution in [2.75, 3.05) is 0 Å². The Hall–Kier alpha value is -1.12. The van der Waals surface area contributed by atoms with Gasteiger partial charge >= 0.3 is 0 Å². The lowest BCUT2D eigenvalue weighted by atomic mass is 10.2. The van der Waals surface area contributed by atoms with Gasteiger partial charge in [-0.2, -0.15) is 5.10 Å². The quantitative estimate of drug-likeness (QED) is 0.620. The highest BCUT2D eigenvalue weighted by Crippen LogP contribution is 2.03. The molecule has 0 atom stereocenters. The minimum atomic E-state index is 0.489. The molecule has 1 heterocycles. The zero-order valence-corrected chi connectivity index (χ0v) is 6.20. The van der Waals surface area contributed by atoms with Crippen molar-refractivity contribution in [2.45, 2.75) is 13.8 Å². The second kappa shape index (κ2) is 3.15. The van der Waals surface area contributed by atoms with E-state index in [2.05, 4.69) is 29.0 Å². The van der Waals surface area contributed by atoms with Gasteiger partial charge in [-0.25, -0.2) is 4.99 Å². The van der Waals surface area contributed by atoms with Gasteiger partial charge in [0.15, 0.2) is 0 Å². The highest BCUT2D eigenvalue weighted by molar-refractivity contribution is 5.63. The first-order valence-electron chi connectivity index (χ1n) is 3.32. The number of nitrogens with one attached hydrogen (secondary N) is 1. The number of aromatic amines is 1. The van der Waals surface area contributed by atoms with Crippen molar-refractivity contribution < 1.29 is 0 Å². The Labute approximate surface area is 60.2 Å². The van der Waals surface area contributed by atoms with Crippen LogP contribution in [0.4, 0.5) is 5.82 Å². The molecular weight excluding hydrogens is 126 g/mol. The van der Waals surface area contributed by atoms with Gasteiger partial charge in [-0.05, 0) is 5.92 Å². The van der Waals surface area contributed by atoms with Gasteiger partial charge in [0, 0.05) is 12.3 Å². The molecule has 3 nitrogen and oxygen atoms in total. The number of hydrogen-bond donors (Lipinski definition) is 1. The van der Waals surface area contributed by atoms with Crippen LogP contribution in [0.3, 0.4) is 0 Å². The van der Waals surface area contributed by atoms with Crippen LogP contribution in [0.15, 0.2) is 17.3 Å². The van der Waals surface area contributed by atoms with Crippen molar-refractivity contribution in [2.24, 2.45) is 10.9 Å². The molecule has 0 amide bonds. The standard InChI is InChI=1S/C7H11N3/c1-6(2)5-8-7-3-4-9-10-7/h3-6H,1-2H3,(H,9,10). The fraction of sp³-hybridized carbons (Fsp3) is 0.429. The van der Waals surface area contributed by atoms with Crippen molar-refractivity contribution in [1.29, 1.82) is 0 Å². The highest BCUT2D eigenvalue weighted by Gasteiger charge is 1.87. The monoisotopic (exact) mass is 137 g/mol. The van der Waals surface area contributed by atoms with Crippen LogP contribution in [0.2, 0.25) is 0 Å². The van der Waals surface area contributed by atoms with Crippen LogP contribution in [0.1, 0.15) is 13.8 Å². The summed E-state index contributed by atoms with van der Waals surface area (Å²) in [6.45, 7) is 4.17. The maximum Gasteiger partial charge on any atom is 0.147 e. The van der Waals surface area contributed by atoms with Gasteiger partial charge in [0.1, 0.15) is 5.82 Å². The molecule has 0 aliphatic carbocycles. The van der Waals surface area contributed by atoms with Crippen LogP contribution in [0, 0.1) is 5.92 Å². The van der Waals surface area contributed by atoms with Crippen LogP contribution >= 0.6 is 0 Å². The van der Waals surface area contributed by atoms with Gasteiger partial charge in [-0.3, -0.25) is 5.10 Å². The molecule has 0 radical (unpaired) electrons. The maximum atomic E-state index is 4.12. The molecule has 1 N–H and O–H groups in total. The molecule has 1 aromatic heterocycles. The summed E-state index contributed by atoms with van der Waals surface area (Å²) in [5.41, 5.74) is 0. The molecule has 0 saturated heterocycles. The first kappa shape index (κ1) is 6.99. The van der Waals surface area contributed by atoms with E-state index in [0.29, 0.717) is 5.92 Å². The number of rotatable bonds is 2. The summed E-state index contributed by atoms with van der Waals surface area (Å²) in [6.07, 6.45) is 3.57. The Bertz CT molecular complexity index is 199. The van der Waals surface area contributed by atoms with Gasteiger partial charge in [-0.1, -0.05) is 13.8 Å². The Kier molecular flexibility index (Phi) is 2.20. The fourth-order valence-electron chi connectivity index (χ4n) is 0.550. The molecule has 0 unspecified atom stereocenters. The summed E-state index contributed by atoms with van der Waals surface area (Å²) in [5.74, 6) is 1.30. The Morgan fingerprint density at radius 1 is 1.70 bits per heavy atom. The zero-order valence-electron chi connectivity index (χ0n) is 6.20. The summed E-state index contributed by atoms with van der Waals surface area (Å²) < 4.78 is 0. The molecule has 0 spiro atoms. The fourth-order valence-corrected chi connectivity index (χ4v) is 0.550. The van der Waals surface area contributed by atoms with Crippen molar-refractivity contribution in [3.63, 3.8) is 0 Å². The molecular formula is C7H11N3. The van der Waals surface area contributed by atoms with E-state index in [1.165, 1.54) is 0 Å². The molecule has 3 heteroatoms. The Morgan fingerprint density at radius 3 is 3.00 bits per heavy atom. The third-order valence-corrected chi connectivity index (χ3v) is 0.998. The van der Waals surface area contributed by atoms with Crippen molar-refractivity contribution in [1.82, 2.24) is 10.2 Å². The molecule has 54 valence electrons. The first-order valence-corrected chi connectivity index (χ1v) is 3.32. The van der Waals surface area contributed by atoms with Crippen LogP contribution in [0.5, 0.6) is 0 Å². The first-order chi connectivity index (χ1) is 4.79. The van der Waals surface area contributed by atoms with E-state index < -0.39 is 0 Å². The molecule has 0 aliphatic rings. The smallest absolute Gasteiger partial charge is 0.147 e. The predicted octanol–water partition coefficient (Wildman–Crippen LogP) is 1.77. The van der Waals surface area contributed by atoms with E-state index in [4.69, 9.17) is 0 Å². The number of nitrogens with zero attached hydrogens (tertiary/aromatic N) is 2. The molecule has 10 heavy (non-hydrogen) atoms. The number of aliphatic imine (C=N–C) groups is 1. The maximum absolute atomic E-state index is 4.12. The average Bonchev–Trinajstić information content (AvgIpc) is 2.34.